The highest BCUT2D eigenvalue weighted by Gasteiger charge is 2.37. The van der Waals surface area contributed by atoms with Crippen LogP contribution >= 0.6 is 15.9 Å². The fraction of sp³-hybridized carbons (Fsp3) is 0.429. The lowest BCUT2D eigenvalue weighted by Gasteiger charge is -2.23. The van der Waals surface area contributed by atoms with E-state index in [1.807, 2.05) is 0 Å². The Hall–Kier alpha value is -1.36. The van der Waals surface area contributed by atoms with Crippen LogP contribution in [0.25, 0.3) is 0 Å². The highest BCUT2D eigenvalue weighted by molar-refractivity contribution is 9.10. The molecule has 0 bridgehead atoms. The van der Waals surface area contributed by atoms with Crippen LogP contribution in [-0.2, 0) is 18.6 Å². The van der Waals surface area contributed by atoms with Crippen molar-refractivity contribution in [2.75, 3.05) is 13.2 Å². The van der Waals surface area contributed by atoms with E-state index in [1.54, 1.807) is 45.0 Å². The van der Waals surface area contributed by atoms with Crippen LogP contribution in [0.15, 0.2) is 24.3 Å². The average Bonchev–Trinajstić information content (AvgIpc) is 2.39. The first kappa shape index (κ1) is 15.7. The largest absolute Gasteiger partial charge is 0.465 e. The maximum Gasteiger partial charge on any atom is 0.338 e. The molecule has 0 saturated carbocycles. The number of ether oxygens (including phenoxy) is 2. The van der Waals surface area contributed by atoms with Crippen LogP contribution in [-0.4, -0.2) is 25.2 Å². The molecule has 0 fully saturated rings. The standard InChI is InChI=1S/C14H17BrO4/c1-4-18-12(16)10-8-6-7-9-11(10)14(3,15)13(17)19-5-2/h6-9H,4-5H2,1-3H3. The minimum Gasteiger partial charge on any atom is -0.465 e. The Kier molecular flexibility index (Phi) is 5.54. The number of halogens is 1. The molecule has 4 nitrogen and oxygen atoms in total. The van der Waals surface area contributed by atoms with Gasteiger partial charge in [0, 0.05) is 0 Å². The van der Waals surface area contributed by atoms with Gasteiger partial charge in [0.05, 0.1) is 18.8 Å². The van der Waals surface area contributed by atoms with Gasteiger partial charge in [-0.15, -0.1) is 0 Å². The third-order valence-corrected chi connectivity index (χ3v) is 3.34. The van der Waals surface area contributed by atoms with Crippen LogP contribution < -0.4 is 0 Å². The van der Waals surface area contributed by atoms with Crippen molar-refractivity contribution < 1.29 is 19.1 Å². The topological polar surface area (TPSA) is 52.6 Å². The van der Waals surface area contributed by atoms with E-state index in [9.17, 15) is 9.59 Å². The summed E-state index contributed by atoms with van der Waals surface area (Å²) in [6, 6.07) is 6.82. The monoisotopic (exact) mass is 328 g/mol. The van der Waals surface area contributed by atoms with Crippen LogP contribution in [0.5, 0.6) is 0 Å². The van der Waals surface area contributed by atoms with E-state index in [0.717, 1.165) is 0 Å². The molecule has 0 radical (unpaired) electrons. The molecule has 0 aliphatic rings. The van der Waals surface area contributed by atoms with Gasteiger partial charge in [-0.3, -0.25) is 4.79 Å². The lowest BCUT2D eigenvalue weighted by atomic mass is 9.95. The maximum atomic E-state index is 12.0. The number of hydrogen-bond donors (Lipinski definition) is 0. The number of esters is 2. The summed E-state index contributed by atoms with van der Waals surface area (Å²) in [5, 5.41) is 0. The molecule has 5 heteroatoms. The van der Waals surface area contributed by atoms with Gasteiger partial charge in [-0.05, 0) is 32.4 Å². The summed E-state index contributed by atoms with van der Waals surface area (Å²) >= 11 is 3.34. The third kappa shape index (κ3) is 3.56. The van der Waals surface area contributed by atoms with Gasteiger partial charge in [0.25, 0.3) is 0 Å². The van der Waals surface area contributed by atoms with E-state index in [0.29, 0.717) is 11.1 Å². The minimum absolute atomic E-state index is 0.279. The molecule has 0 spiro atoms. The lowest BCUT2D eigenvalue weighted by Crippen LogP contribution is -2.30. The van der Waals surface area contributed by atoms with Crippen molar-refractivity contribution in [1.82, 2.24) is 0 Å². The first-order valence-corrected chi connectivity index (χ1v) is 6.87. The summed E-state index contributed by atoms with van der Waals surface area (Å²) in [5.41, 5.74) is 0.892. The fourth-order valence-electron chi connectivity index (χ4n) is 1.66. The molecule has 1 unspecified atom stereocenters. The normalized spacial score (nSPS) is 13.5. The van der Waals surface area contributed by atoms with Crippen LogP contribution in [0, 0.1) is 0 Å². The molecule has 0 amide bonds. The highest BCUT2D eigenvalue weighted by Crippen LogP contribution is 2.34. The summed E-state index contributed by atoms with van der Waals surface area (Å²) in [4.78, 5) is 23.9. The summed E-state index contributed by atoms with van der Waals surface area (Å²) in [5.74, 6) is -0.889. The predicted molar refractivity (Wildman–Crippen MR) is 75.3 cm³/mol. The Balaban J connectivity index is 3.19. The maximum absolute atomic E-state index is 12.0. The first-order valence-electron chi connectivity index (χ1n) is 6.07. The van der Waals surface area contributed by atoms with E-state index >= 15 is 0 Å². The zero-order chi connectivity index (χ0) is 14.5. The van der Waals surface area contributed by atoms with E-state index in [2.05, 4.69) is 15.9 Å². The highest BCUT2D eigenvalue weighted by atomic mass is 79.9. The molecule has 0 saturated heterocycles. The van der Waals surface area contributed by atoms with Crippen LogP contribution in [0.2, 0.25) is 0 Å². The molecule has 0 N–H and O–H groups in total. The van der Waals surface area contributed by atoms with Gasteiger partial charge in [0.1, 0.15) is 4.32 Å². The SMILES string of the molecule is CCOC(=O)c1ccccc1C(C)(Br)C(=O)OCC. The molecule has 0 aliphatic carbocycles. The molecule has 0 heterocycles. The molecule has 0 aromatic heterocycles. The van der Waals surface area contributed by atoms with Gasteiger partial charge >= 0.3 is 11.9 Å². The Labute approximate surface area is 121 Å². The molecule has 0 aliphatic heterocycles. The van der Waals surface area contributed by atoms with Crippen molar-refractivity contribution in [3.05, 3.63) is 35.4 Å². The second-order valence-corrected chi connectivity index (χ2v) is 5.58. The summed E-state index contributed by atoms with van der Waals surface area (Å²) in [6.07, 6.45) is 0. The summed E-state index contributed by atoms with van der Waals surface area (Å²) in [6.45, 7) is 5.69. The molecular weight excluding hydrogens is 312 g/mol. The number of carbonyl (C=O) groups excluding carboxylic acids is 2. The summed E-state index contributed by atoms with van der Waals surface area (Å²) in [7, 11) is 0. The first-order chi connectivity index (χ1) is 8.95. The van der Waals surface area contributed by atoms with Gasteiger partial charge in [-0.1, -0.05) is 34.1 Å². The Morgan fingerprint density at radius 2 is 1.74 bits per heavy atom. The fourth-order valence-corrected chi connectivity index (χ4v) is 2.12. The van der Waals surface area contributed by atoms with E-state index in [4.69, 9.17) is 9.47 Å². The second kappa shape index (κ2) is 6.70. The zero-order valence-corrected chi connectivity index (χ0v) is 12.8. The molecule has 1 aromatic carbocycles. The summed E-state index contributed by atoms with van der Waals surface area (Å²) < 4.78 is 8.93. The molecule has 1 atom stereocenters. The molecule has 19 heavy (non-hydrogen) atoms. The van der Waals surface area contributed by atoms with Gasteiger partial charge in [0.15, 0.2) is 0 Å². The van der Waals surface area contributed by atoms with Gasteiger partial charge < -0.3 is 9.47 Å². The van der Waals surface area contributed by atoms with Crippen molar-refractivity contribution in [1.29, 1.82) is 0 Å². The zero-order valence-electron chi connectivity index (χ0n) is 11.2. The van der Waals surface area contributed by atoms with Gasteiger partial charge in [-0.2, -0.15) is 0 Å². The predicted octanol–water partition coefficient (Wildman–Crippen LogP) is 3.04. The molecule has 1 rings (SSSR count). The Morgan fingerprint density at radius 3 is 2.32 bits per heavy atom. The average molecular weight is 329 g/mol. The molecular formula is C14H17BrO4. The van der Waals surface area contributed by atoms with Crippen LogP contribution in [0.1, 0.15) is 36.7 Å². The van der Waals surface area contributed by atoms with E-state index in [1.165, 1.54) is 0 Å². The number of alkyl halides is 1. The van der Waals surface area contributed by atoms with Crippen molar-refractivity contribution in [3.63, 3.8) is 0 Å². The van der Waals surface area contributed by atoms with E-state index in [-0.39, 0.29) is 13.2 Å². The third-order valence-electron chi connectivity index (χ3n) is 2.59. The number of rotatable bonds is 5. The van der Waals surface area contributed by atoms with Crippen molar-refractivity contribution in [2.45, 2.75) is 25.1 Å². The van der Waals surface area contributed by atoms with Crippen molar-refractivity contribution >= 4 is 27.9 Å². The van der Waals surface area contributed by atoms with E-state index < -0.39 is 16.3 Å². The number of carbonyl (C=O) groups is 2. The van der Waals surface area contributed by atoms with Gasteiger partial charge in [0.2, 0.25) is 0 Å². The Bertz CT molecular complexity index is 468. The lowest BCUT2D eigenvalue weighted by molar-refractivity contribution is -0.145. The minimum atomic E-state index is -1.08. The van der Waals surface area contributed by atoms with Crippen molar-refractivity contribution in [3.8, 4) is 0 Å². The van der Waals surface area contributed by atoms with Crippen LogP contribution in [0.3, 0.4) is 0 Å². The molecule has 1 aromatic rings. The second-order valence-electron chi connectivity index (χ2n) is 3.99. The molecule has 104 valence electrons. The Morgan fingerprint density at radius 1 is 1.16 bits per heavy atom. The number of benzene rings is 1. The number of hydrogen-bond acceptors (Lipinski definition) is 4. The van der Waals surface area contributed by atoms with Crippen molar-refractivity contribution in [2.24, 2.45) is 0 Å². The quantitative estimate of drug-likeness (QED) is 0.615. The van der Waals surface area contributed by atoms with Crippen LogP contribution in [0.4, 0.5) is 0 Å². The smallest absolute Gasteiger partial charge is 0.338 e. The van der Waals surface area contributed by atoms with Gasteiger partial charge in [-0.25, -0.2) is 4.79 Å².